The molecule has 3 heteroatoms. The molecule has 4 rings (SSSR count). The first-order valence-electron chi connectivity index (χ1n) is 7.60. The number of hydrogen-bond donors (Lipinski definition) is 0. The van der Waals surface area contributed by atoms with Gasteiger partial charge < -0.3 is 4.90 Å². The highest BCUT2D eigenvalue weighted by Crippen LogP contribution is 2.26. The Morgan fingerprint density at radius 2 is 1.81 bits per heavy atom. The molecule has 0 unspecified atom stereocenters. The fourth-order valence-electron chi connectivity index (χ4n) is 3.16. The SMILES string of the molecule is Cc1cccc(-n2cnc3cc(N4CCCC4)ccc32)c1. The monoisotopic (exact) mass is 277 g/mol. The third-order valence-electron chi connectivity index (χ3n) is 4.28. The zero-order valence-corrected chi connectivity index (χ0v) is 12.3. The molecule has 1 aliphatic rings. The van der Waals surface area contributed by atoms with E-state index in [4.69, 9.17) is 0 Å². The van der Waals surface area contributed by atoms with E-state index in [0.29, 0.717) is 0 Å². The Balaban J connectivity index is 1.78. The fraction of sp³-hybridized carbons (Fsp3) is 0.278. The second-order valence-corrected chi connectivity index (χ2v) is 5.82. The average Bonchev–Trinajstić information content (AvgIpc) is 3.16. The van der Waals surface area contributed by atoms with Gasteiger partial charge >= 0.3 is 0 Å². The zero-order chi connectivity index (χ0) is 14.2. The molecule has 106 valence electrons. The molecule has 3 nitrogen and oxygen atoms in total. The molecule has 1 fully saturated rings. The quantitative estimate of drug-likeness (QED) is 0.707. The highest BCUT2D eigenvalue weighted by molar-refractivity contribution is 5.81. The number of aromatic nitrogens is 2. The van der Waals surface area contributed by atoms with Crippen molar-refractivity contribution in [2.75, 3.05) is 18.0 Å². The second kappa shape index (κ2) is 4.92. The first-order chi connectivity index (χ1) is 10.3. The molecule has 0 N–H and O–H groups in total. The Bertz CT molecular complexity index is 782. The molecule has 1 aromatic heterocycles. The maximum Gasteiger partial charge on any atom is 0.100 e. The van der Waals surface area contributed by atoms with Crippen molar-refractivity contribution in [2.45, 2.75) is 19.8 Å². The number of aryl methyl sites for hydroxylation is 1. The molecule has 0 spiro atoms. The molecular weight excluding hydrogens is 258 g/mol. The zero-order valence-electron chi connectivity index (χ0n) is 12.3. The number of hydrogen-bond acceptors (Lipinski definition) is 2. The van der Waals surface area contributed by atoms with E-state index >= 15 is 0 Å². The molecule has 0 saturated carbocycles. The summed E-state index contributed by atoms with van der Waals surface area (Å²) in [6.45, 7) is 4.46. The van der Waals surface area contributed by atoms with Crippen molar-refractivity contribution in [3.05, 3.63) is 54.4 Å². The van der Waals surface area contributed by atoms with E-state index in [1.54, 1.807) is 0 Å². The van der Waals surface area contributed by atoms with Crippen molar-refractivity contribution >= 4 is 16.7 Å². The van der Waals surface area contributed by atoms with Crippen LogP contribution in [0.15, 0.2) is 48.8 Å². The van der Waals surface area contributed by atoms with Crippen molar-refractivity contribution in [2.24, 2.45) is 0 Å². The van der Waals surface area contributed by atoms with E-state index in [1.807, 2.05) is 6.33 Å². The summed E-state index contributed by atoms with van der Waals surface area (Å²) in [4.78, 5) is 7.04. The first kappa shape index (κ1) is 12.5. The van der Waals surface area contributed by atoms with Crippen LogP contribution >= 0.6 is 0 Å². The van der Waals surface area contributed by atoms with E-state index in [-0.39, 0.29) is 0 Å². The molecule has 0 radical (unpaired) electrons. The van der Waals surface area contributed by atoms with Crippen molar-refractivity contribution in [3.63, 3.8) is 0 Å². The molecule has 2 heterocycles. The second-order valence-electron chi connectivity index (χ2n) is 5.82. The molecule has 1 saturated heterocycles. The maximum absolute atomic E-state index is 4.59. The summed E-state index contributed by atoms with van der Waals surface area (Å²) in [6, 6.07) is 15.2. The first-order valence-corrected chi connectivity index (χ1v) is 7.60. The number of anilines is 1. The summed E-state index contributed by atoms with van der Waals surface area (Å²) >= 11 is 0. The van der Waals surface area contributed by atoms with Gasteiger partial charge in [0.1, 0.15) is 6.33 Å². The molecule has 0 atom stereocenters. The summed E-state index contributed by atoms with van der Waals surface area (Å²) in [5.41, 5.74) is 5.98. The molecule has 3 aromatic rings. The van der Waals surface area contributed by atoms with Gasteiger partial charge in [-0.05, 0) is 55.7 Å². The normalized spacial score (nSPS) is 15.0. The fourth-order valence-corrected chi connectivity index (χ4v) is 3.16. The summed E-state index contributed by atoms with van der Waals surface area (Å²) in [6.07, 6.45) is 4.53. The van der Waals surface area contributed by atoms with Gasteiger partial charge in [-0.3, -0.25) is 4.57 Å². The lowest BCUT2D eigenvalue weighted by atomic mass is 10.2. The number of nitrogens with zero attached hydrogens (tertiary/aromatic N) is 3. The highest BCUT2D eigenvalue weighted by Gasteiger charge is 2.13. The van der Waals surface area contributed by atoms with Crippen molar-refractivity contribution in [1.82, 2.24) is 9.55 Å². The predicted octanol–water partition coefficient (Wildman–Crippen LogP) is 3.93. The molecule has 2 aromatic carbocycles. The summed E-state index contributed by atoms with van der Waals surface area (Å²) < 4.78 is 2.16. The molecule has 0 aliphatic carbocycles. The van der Waals surface area contributed by atoms with Gasteiger partial charge in [0, 0.05) is 24.5 Å². The van der Waals surface area contributed by atoms with Gasteiger partial charge in [-0.1, -0.05) is 12.1 Å². The van der Waals surface area contributed by atoms with E-state index in [2.05, 4.69) is 63.8 Å². The van der Waals surface area contributed by atoms with E-state index in [9.17, 15) is 0 Å². The minimum Gasteiger partial charge on any atom is -0.371 e. The van der Waals surface area contributed by atoms with E-state index in [0.717, 1.165) is 5.52 Å². The van der Waals surface area contributed by atoms with Crippen LogP contribution in [-0.4, -0.2) is 22.6 Å². The number of benzene rings is 2. The lowest BCUT2D eigenvalue weighted by molar-refractivity contribution is 0.949. The van der Waals surface area contributed by atoms with Crippen LogP contribution in [0.4, 0.5) is 5.69 Å². The summed E-state index contributed by atoms with van der Waals surface area (Å²) in [5.74, 6) is 0. The molecular formula is C18H19N3. The largest absolute Gasteiger partial charge is 0.371 e. The van der Waals surface area contributed by atoms with Crippen molar-refractivity contribution in [3.8, 4) is 5.69 Å². The van der Waals surface area contributed by atoms with Crippen LogP contribution < -0.4 is 4.90 Å². The number of imidazole rings is 1. The Hall–Kier alpha value is -2.29. The Kier molecular flexibility index (Phi) is 2.92. The lowest BCUT2D eigenvalue weighted by Crippen LogP contribution is -2.17. The van der Waals surface area contributed by atoms with Gasteiger partial charge in [0.25, 0.3) is 0 Å². The number of fused-ring (bicyclic) bond motifs is 1. The van der Waals surface area contributed by atoms with Gasteiger partial charge in [-0.15, -0.1) is 0 Å². The van der Waals surface area contributed by atoms with Crippen LogP contribution in [0.2, 0.25) is 0 Å². The van der Waals surface area contributed by atoms with E-state index in [1.165, 1.54) is 48.4 Å². The molecule has 21 heavy (non-hydrogen) atoms. The van der Waals surface area contributed by atoms with Crippen LogP contribution in [0.5, 0.6) is 0 Å². The van der Waals surface area contributed by atoms with Crippen LogP contribution in [0.3, 0.4) is 0 Å². The smallest absolute Gasteiger partial charge is 0.100 e. The lowest BCUT2D eigenvalue weighted by Gasteiger charge is -2.17. The average molecular weight is 277 g/mol. The molecule has 0 bridgehead atoms. The molecule has 0 amide bonds. The maximum atomic E-state index is 4.59. The van der Waals surface area contributed by atoms with Crippen LogP contribution in [0.1, 0.15) is 18.4 Å². The highest BCUT2D eigenvalue weighted by atomic mass is 15.1. The van der Waals surface area contributed by atoms with Crippen molar-refractivity contribution < 1.29 is 0 Å². The summed E-state index contributed by atoms with van der Waals surface area (Å²) in [7, 11) is 0. The number of rotatable bonds is 2. The van der Waals surface area contributed by atoms with Gasteiger partial charge in [0.2, 0.25) is 0 Å². The Labute approximate surface area is 124 Å². The van der Waals surface area contributed by atoms with Gasteiger partial charge in [-0.25, -0.2) is 4.98 Å². The predicted molar refractivity (Wildman–Crippen MR) is 87.3 cm³/mol. The third kappa shape index (κ3) is 2.19. The van der Waals surface area contributed by atoms with E-state index < -0.39 is 0 Å². The Morgan fingerprint density at radius 1 is 0.952 bits per heavy atom. The standard InChI is InChI=1S/C18H19N3/c1-14-5-4-6-16(11-14)21-13-19-17-12-15(7-8-18(17)21)20-9-2-3-10-20/h4-8,11-13H,2-3,9-10H2,1H3. The van der Waals surface area contributed by atoms with Gasteiger partial charge in [0.05, 0.1) is 11.0 Å². The topological polar surface area (TPSA) is 21.1 Å². The Morgan fingerprint density at radius 3 is 2.62 bits per heavy atom. The summed E-state index contributed by atoms with van der Waals surface area (Å²) in [5, 5.41) is 0. The minimum absolute atomic E-state index is 1.07. The third-order valence-corrected chi connectivity index (χ3v) is 4.28. The van der Waals surface area contributed by atoms with Crippen LogP contribution in [0, 0.1) is 6.92 Å². The van der Waals surface area contributed by atoms with Gasteiger partial charge in [-0.2, -0.15) is 0 Å². The minimum atomic E-state index is 1.07. The van der Waals surface area contributed by atoms with Crippen LogP contribution in [-0.2, 0) is 0 Å². The van der Waals surface area contributed by atoms with Crippen molar-refractivity contribution in [1.29, 1.82) is 0 Å². The van der Waals surface area contributed by atoms with Gasteiger partial charge in [0.15, 0.2) is 0 Å². The molecule has 1 aliphatic heterocycles. The van der Waals surface area contributed by atoms with Crippen LogP contribution in [0.25, 0.3) is 16.7 Å².